The van der Waals surface area contributed by atoms with E-state index in [2.05, 4.69) is 4.99 Å². The molecule has 0 bridgehead atoms. The lowest BCUT2D eigenvalue weighted by atomic mass is 9.95. The number of thiazole rings is 1. The first-order chi connectivity index (χ1) is 17.3. The van der Waals surface area contributed by atoms with E-state index >= 15 is 0 Å². The largest absolute Gasteiger partial charge is 0.497 e. The second-order valence-electron chi connectivity index (χ2n) is 7.84. The highest BCUT2D eigenvalue weighted by molar-refractivity contribution is 7.07. The molecule has 1 aromatic heterocycles. The van der Waals surface area contributed by atoms with Gasteiger partial charge in [0.05, 0.1) is 42.2 Å². The fourth-order valence-corrected chi connectivity index (χ4v) is 5.05. The van der Waals surface area contributed by atoms with Crippen LogP contribution in [0.15, 0.2) is 63.5 Å². The number of rotatable bonds is 7. The van der Waals surface area contributed by atoms with Gasteiger partial charge in [0.25, 0.3) is 5.56 Å². The number of esters is 1. The summed E-state index contributed by atoms with van der Waals surface area (Å²) in [4.78, 5) is 42.8. The van der Waals surface area contributed by atoms with E-state index in [0.717, 1.165) is 0 Å². The van der Waals surface area contributed by atoms with Crippen LogP contribution in [0, 0.1) is 0 Å². The number of benzene rings is 2. The molecule has 9 nitrogen and oxygen atoms in total. The Morgan fingerprint density at radius 3 is 2.47 bits per heavy atom. The molecule has 186 valence electrons. The van der Waals surface area contributed by atoms with E-state index in [1.807, 2.05) is 0 Å². The Kier molecular flexibility index (Phi) is 7.07. The average Bonchev–Trinajstić information content (AvgIpc) is 3.17. The molecule has 0 unspecified atom stereocenters. The van der Waals surface area contributed by atoms with Gasteiger partial charge in [-0.25, -0.2) is 14.6 Å². The molecule has 1 aliphatic rings. The number of carbonyl (C=O) groups is 2. The third-order valence-electron chi connectivity index (χ3n) is 5.71. The molecule has 2 heterocycles. The fourth-order valence-electron chi connectivity index (χ4n) is 4.00. The van der Waals surface area contributed by atoms with Gasteiger partial charge in [-0.15, -0.1) is 0 Å². The van der Waals surface area contributed by atoms with E-state index in [0.29, 0.717) is 37.7 Å². The minimum atomic E-state index is -1.03. The van der Waals surface area contributed by atoms with Crippen molar-refractivity contribution in [3.8, 4) is 11.5 Å². The molecule has 1 atom stereocenters. The molecule has 2 aromatic carbocycles. The first-order valence-corrected chi connectivity index (χ1v) is 11.9. The normalized spacial score (nSPS) is 15.2. The van der Waals surface area contributed by atoms with Crippen molar-refractivity contribution >= 4 is 29.4 Å². The number of allylic oxidation sites excluding steroid dienone is 1. The third kappa shape index (κ3) is 4.55. The van der Waals surface area contributed by atoms with Crippen LogP contribution >= 0.6 is 11.3 Å². The fraction of sp³-hybridized carbons (Fsp3) is 0.231. The lowest BCUT2D eigenvalue weighted by Gasteiger charge is -2.26. The highest BCUT2D eigenvalue weighted by Gasteiger charge is 2.35. The van der Waals surface area contributed by atoms with Gasteiger partial charge in [-0.3, -0.25) is 9.36 Å². The van der Waals surface area contributed by atoms with Crippen LogP contribution in [-0.2, 0) is 9.53 Å². The molecule has 10 heteroatoms. The molecular weight excluding hydrogens is 484 g/mol. The molecule has 0 spiro atoms. The smallest absolute Gasteiger partial charge is 0.338 e. The monoisotopic (exact) mass is 508 g/mol. The number of carbonyl (C=O) groups excluding carboxylic acids is 1. The highest BCUT2D eigenvalue weighted by atomic mass is 32.1. The second-order valence-corrected chi connectivity index (χ2v) is 8.85. The van der Waals surface area contributed by atoms with E-state index in [9.17, 15) is 14.4 Å². The maximum absolute atomic E-state index is 13.7. The first kappa shape index (κ1) is 24.9. The minimum absolute atomic E-state index is 0.148. The van der Waals surface area contributed by atoms with Gasteiger partial charge < -0.3 is 19.3 Å². The van der Waals surface area contributed by atoms with E-state index in [4.69, 9.17) is 19.3 Å². The molecule has 4 rings (SSSR count). The van der Waals surface area contributed by atoms with Crippen molar-refractivity contribution in [2.75, 3.05) is 20.8 Å². The van der Waals surface area contributed by atoms with Crippen LogP contribution < -0.4 is 24.4 Å². The van der Waals surface area contributed by atoms with Crippen LogP contribution in [0.5, 0.6) is 11.5 Å². The molecular formula is C26H24N2O7S. The van der Waals surface area contributed by atoms with Crippen molar-refractivity contribution in [2.45, 2.75) is 19.9 Å². The maximum atomic E-state index is 13.7. The Morgan fingerprint density at radius 1 is 1.14 bits per heavy atom. The molecule has 0 radical (unpaired) electrons. The van der Waals surface area contributed by atoms with Crippen LogP contribution in [0.1, 0.15) is 41.4 Å². The summed E-state index contributed by atoms with van der Waals surface area (Å²) in [7, 11) is 3.04. The SMILES string of the molecule is CCOC(=O)C1=C(C)N=c2sc(=Cc3ccc(C(=O)O)cc3)c(=O)n2[C@H]1c1ccc(OC)cc1OC. The van der Waals surface area contributed by atoms with Gasteiger partial charge in [0.1, 0.15) is 17.5 Å². The summed E-state index contributed by atoms with van der Waals surface area (Å²) in [5, 5.41) is 9.13. The number of carboxylic acid groups (broad SMARTS) is 1. The van der Waals surface area contributed by atoms with Gasteiger partial charge in [0.15, 0.2) is 4.80 Å². The third-order valence-corrected chi connectivity index (χ3v) is 6.69. The average molecular weight is 509 g/mol. The van der Waals surface area contributed by atoms with E-state index in [1.165, 1.54) is 42.3 Å². The van der Waals surface area contributed by atoms with Crippen molar-refractivity contribution < 1.29 is 28.9 Å². The van der Waals surface area contributed by atoms with E-state index in [-0.39, 0.29) is 23.3 Å². The molecule has 0 aliphatic carbocycles. The molecule has 1 aliphatic heterocycles. The zero-order valence-electron chi connectivity index (χ0n) is 20.1. The van der Waals surface area contributed by atoms with Crippen LogP contribution in [-0.4, -0.2) is 42.4 Å². The highest BCUT2D eigenvalue weighted by Crippen LogP contribution is 2.37. The van der Waals surface area contributed by atoms with Crippen LogP contribution in [0.3, 0.4) is 0 Å². The Bertz CT molecular complexity index is 1550. The molecule has 0 fully saturated rings. The summed E-state index contributed by atoms with van der Waals surface area (Å²) in [6.07, 6.45) is 1.67. The van der Waals surface area contributed by atoms with Gasteiger partial charge in [-0.2, -0.15) is 0 Å². The molecule has 36 heavy (non-hydrogen) atoms. The minimum Gasteiger partial charge on any atom is -0.497 e. The van der Waals surface area contributed by atoms with Crippen molar-refractivity contribution in [1.82, 2.24) is 4.57 Å². The zero-order chi connectivity index (χ0) is 26.0. The molecule has 0 saturated carbocycles. The number of aromatic nitrogens is 1. The number of hydrogen-bond acceptors (Lipinski definition) is 8. The summed E-state index contributed by atoms with van der Waals surface area (Å²) >= 11 is 1.18. The number of ether oxygens (including phenoxy) is 3. The maximum Gasteiger partial charge on any atom is 0.338 e. The van der Waals surface area contributed by atoms with Gasteiger partial charge in [0.2, 0.25) is 0 Å². The van der Waals surface area contributed by atoms with Gasteiger partial charge in [0, 0.05) is 11.6 Å². The standard InChI is InChI=1S/C26H24N2O7S/c1-5-35-25(32)21-14(2)27-26-28(22(21)18-11-10-17(33-3)13-19(18)34-4)23(29)20(36-26)12-15-6-8-16(9-7-15)24(30)31/h6-13,22H,5H2,1-4H3,(H,30,31)/t22-/m0/s1. The molecule has 0 saturated heterocycles. The summed E-state index contributed by atoms with van der Waals surface area (Å²) in [5.74, 6) is -0.600. The van der Waals surface area contributed by atoms with E-state index < -0.39 is 18.0 Å². The summed E-state index contributed by atoms with van der Waals surface area (Å²) in [5.41, 5.74) is 1.72. The van der Waals surface area contributed by atoms with Crippen molar-refractivity contribution in [1.29, 1.82) is 0 Å². The first-order valence-electron chi connectivity index (χ1n) is 11.0. The molecule has 1 N–H and O–H groups in total. The second kappa shape index (κ2) is 10.2. The Morgan fingerprint density at radius 2 is 1.86 bits per heavy atom. The predicted octanol–water partition coefficient (Wildman–Crippen LogP) is 2.51. The molecule has 0 amide bonds. The van der Waals surface area contributed by atoms with Crippen molar-refractivity contribution in [3.05, 3.63) is 90.1 Å². The van der Waals surface area contributed by atoms with Crippen LogP contribution in [0.2, 0.25) is 0 Å². The zero-order valence-corrected chi connectivity index (χ0v) is 20.9. The Labute approximate surface area is 210 Å². The van der Waals surface area contributed by atoms with E-state index in [1.54, 1.807) is 50.3 Å². The number of methoxy groups -OCH3 is 2. The number of hydrogen-bond donors (Lipinski definition) is 1. The Hall–Kier alpha value is -4.18. The lowest BCUT2D eigenvalue weighted by Crippen LogP contribution is -2.40. The summed E-state index contributed by atoms with van der Waals surface area (Å²) in [6, 6.07) is 10.5. The Balaban J connectivity index is 1.95. The predicted molar refractivity (Wildman–Crippen MR) is 133 cm³/mol. The molecule has 3 aromatic rings. The van der Waals surface area contributed by atoms with Gasteiger partial charge in [-0.05, 0) is 49.8 Å². The number of nitrogens with zero attached hydrogens (tertiary/aromatic N) is 2. The van der Waals surface area contributed by atoms with Crippen molar-refractivity contribution in [3.63, 3.8) is 0 Å². The van der Waals surface area contributed by atoms with Crippen LogP contribution in [0.4, 0.5) is 0 Å². The number of carboxylic acids is 1. The topological polar surface area (TPSA) is 116 Å². The quantitative estimate of drug-likeness (QED) is 0.488. The van der Waals surface area contributed by atoms with Crippen molar-refractivity contribution in [2.24, 2.45) is 4.99 Å². The summed E-state index contributed by atoms with van der Waals surface area (Å²) < 4.78 is 18.1. The van der Waals surface area contributed by atoms with Crippen LogP contribution in [0.25, 0.3) is 6.08 Å². The summed E-state index contributed by atoms with van der Waals surface area (Å²) in [6.45, 7) is 3.58. The number of fused-ring (bicyclic) bond motifs is 1. The lowest BCUT2D eigenvalue weighted by molar-refractivity contribution is -0.139. The van der Waals surface area contributed by atoms with Gasteiger partial charge in [-0.1, -0.05) is 23.5 Å². The van der Waals surface area contributed by atoms with Gasteiger partial charge >= 0.3 is 11.9 Å². The number of aromatic carboxylic acids is 1.